The second kappa shape index (κ2) is 7.63. The molecule has 1 heterocycles. The van der Waals surface area contributed by atoms with E-state index in [2.05, 4.69) is 4.90 Å². The Morgan fingerprint density at radius 3 is 2.94 bits per heavy atom. The Morgan fingerprint density at radius 1 is 1.50 bits per heavy atom. The number of carbonyl (C=O) groups is 1. The first-order valence-corrected chi connectivity index (χ1v) is 6.18. The zero-order valence-electron chi connectivity index (χ0n) is 10.4. The van der Waals surface area contributed by atoms with Gasteiger partial charge in [-0.2, -0.15) is 0 Å². The molecule has 0 bridgehead atoms. The van der Waals surface area contributed by atoms with Gasteiger partial charge < -0.3 is 14.4 Å². The molecule has 0 aromatic rings. The van der Waals surface area contributed by atoms with Gasteiger partial charge >= 0.3 is 5.97 Å². The van der Waals surface area contributed by atoms with Gasteiger partial charge in [0.25, 0.3) is 0 Å². The van der Waals surface area contributed by atoms with Gasteiger partial charge in [-0.25, -0.2) is 0 Å². The van der Waals surface area contributed by atoms with Crippen LogP contribution in [0.2, 0.25) is 0 Å². The molecule has 1 aliphatic rings. The number of hydrogen-bond donors (Lipinski definition) is 0. The number of carbonyl (C=O) groups excluding carboxylic acids is 1. The van der Waals surface area contributed by atoms with Crippen molar-refractivity contribution in [3.8, 4) is 0 Å². The van der Waals surface area contributed by atoms with E-state index in [0.717, 1.165) is 26.1 Å². The van der Waals surface area contributed by atoms with E-state index < -0.39 is 0 Å². The summed E-state index contributed by atoms with van der Waals surface area (Å²) in [6.45, 7) is 4.98. The van der Waals surface area contributed by atoms with Crippen molar-refractivity contribution >= 4 is 5.97 Å². The lowest BCUT2D eigenvalue weighted by atomic mass is 10.2. The minimum Gasteiger partial charge on any atom is -0.466 e. The molecule has 1 rings (SSSR count). The molecule has 0 aromatic carbocycles. The third kappa shape index (κ3) is 5.47. The van der Waals surface area contributed by atoms with E-state index in [4.69, 9.17) is 9.47 Å². The summed E-state index contributed by atoms with van der Waals surface area (Å²) in [6.07, 6.45) is 4.36. The number of hydrogen-bond acceptors (Lipinski definition) is 4. The molecule has 0 aromatic heterocycles. The lowest BCUT2D eigenvalue weighted by Crippen LogP contribution is -2.26. The fourth-order valence-electron chi connectivity index (χ4n) is 1.86. The van der Waals surface area contributed by atoms with E-state index in [1.807, 2.05) is 14.0 Å². The SMILES string of the molecule is CCOC(=O)CCN(C)CCC1CCCO1. The summed E-state index contributed by atoms with van der Waals surface area (Å²) in [4.78, 5) is 13.3. The Kier molecular flexibility index (Phi) is 6.42. The largest absolute Gasteiger partial charge is 0.466 e. The first kappa shape index (κ1) is 13.5. The van der Waals surface area contributed by atoms with Crippen LogP contribution in [0.3, 0.4) is 0 Å². The first-order valence-electron chi connectivity index (χ1n) is 6.18. The van der Waals surface area contributed by atoms with Crippen LogP contribution in [0, 0.1) is 0 Å². The van der Waals surface area contributed by atoms with Crippen LogP contribution in [0.25, 0.3) is 0 Å². The van der Waals surface area contributed by atoms with Crippen molar-refractivity contribution in [2.75, 3.05) is 33.4 Å². The molecule has 0 N–H and O–H groups in total. The van der Waals surface area contributed by atoms with Crippen molar-refractivity contribution in [3.63, 3.8) is 0 Å². The van der Waals surface area contributed by atoms with Gasteiger partial charge in [0.1, 0.15) is 0 Å². The molecule has 16 heavy (non-hydrogen) atoms. The maximum atomic E-state index is 11.1. The van der Waals surface area contributed by atoms with Crippen LogP contribution < -0.4 is 0 Å². The quantitative estimate of drug-likeness (QED) is 0.619. The molecule has 0 amide bonds. The molecule has 0 spiro atoms. The molecule has 0 saturated carbocycles. The Bertz CT molecular complexity index is 202. The third-order valence-electron chi connectivity index (χ3n) is 2.86. The maximum Gasteiger partial charge on any atom is 0.307 e. The zero-order valence-corrected chi connectivity index (χ0v) is 10.4. The molecule has 0 radical (unpaired) electrons. The fourth-order valence-corrected chi connectivity index (χ4v) is 1.86. The van der Waals surface area contributed by atoms with E-state index >= 15 is 0 Å². The molecule has 1 saturated heterocycles. The Morgan fingerprint density at radius 2 is 2.31 bits per heavy atom. The van der Waals surface area contributed by atoms with Gasteiger partial charge in [-0.3, -0.25) is 4.79 Å². The predicted molar refractivity (Wildman–Crippen MR) is 62.3 cm³/mol. The molecule has 1 fully saturated rings. The monoisotopic (exact) mass is 229 g/mol. The second-order valence-electron chi connectivity index (χ2n) is 4.28. The van der Waals surface area contributed by atoms with Crippen molar-refractivity contribution in [1.82, 2.24) is 4.90 Å². The summed E-state index contributed by atoms with van der Waals surface area (Å²) in [5, 5.41) is 0. The van der Waals surface area contributed by atoms with E-state index in [1.54, 1.807) is 0 Å². The summed E-state index contributed by atoms with van der Waals surface area (Å²) in [7, 11) is 2.04. The summed E-state index contributed by atoms with van der Waals surface area (Å²) >= 11 is 0. The van der Waals surface area contributed by atoms with Crippen LogP contribution >= 0.6 is 0 Å². The molecular formula is C12H23NO3. The van der Waals surface area contributed by atoms with Crippen molar-refractivity contribution in [2.24, 2.45) is 0 Å². The highest BCUT2D eigenvalue weighted by molar-refractivity contribution is 5.69. The highest BCUT2D eigenvalue weighted by atomic mass is 16.5. The molecule has 1 aliphatic heterocycles. The average molecular weight is 229 g/mol. The molecule has 4 heteroatoms. The number of ether oxygens (including phenoxy) is 2. The van der Waals surface area contributed by atoms with Crippen LogP contribution in [-0.2, 0) is 14.3 Å². The lowest BCUT2D eigenvalue weighted by molar-refractivity contribution is -0.143. The zero-order chi connectivity index (χ0) is 11.8. The lowest BCUT2D eigenvalue weighted by Gasteiger charge is -2.18. The Labute approximate surface area is 97.9 Å². The first-order chi connectivity index (χ1) is 7.72. The van der Waals surface area contributed by atoms with E-state index in [9.17, 15) is 4.79 Å². The topological polar surface area (TPSA) is 38.8 Å². The van der Waals surface area contributed by atoms with Gasteiger partial charge in [-0.15, -0.1) is 0 Å². The number of esters is 1. The van der Waals surface area contributed by atoms with Crippen LogP contribution in [0.4, 0.5) is 0 Å². The molecule has 94 valence electrons. The highest BCUT2D eigenvalue weighted by Gasteiger charge is 2.15. The molecule has 0 aliphatic carbocycles. The van der Waals surface area contributed by atoms with Gasteiger partial charge in [-0.05, 0) is 33.2 Å². The summed E-state index contributed by atoms with van der Waals surface area (Å²) in [6, 6.07) is 0. The minimum atomic E-state index is -0.105. The standard InChI is InChI=1S/C12H23NO3/c1-3-15-12(14)7-9-13(2)8-6-11-5-4-10-16-11/h11H,3-10H2,1-2H3. The maximum absolute atomic E-state index is 11.1. The number of nitrogens with zero attached hydrogens (tertiary/aromatic N) is 1. The summed E-state index contributed by atoms with van der Waals surface area (Å²) < 4.78 is 10.4. The van der Waals surface area contributed by atoms with Crippen molar-refractivity contribution in [2.45, 2.75) is 38.7 Å². The van der Waals surface area contributed by atoms with Gasteiger partial charge in [0.15, 0.2) is 0 Å². The smallest absolute Gasteiger partial charge is 0.307 e. The van der Waals surface area contributed by atoms with Crippen LogP contribution in [0.1, 0.15) is 32.6 Å². The van der Waals surface area contributed by atoms with Crippen molar-refractivity contribution in [3.05, 3.63) is 0 Å². The Hall–Kier alpha value is -0.610. The van der Waals surface area contributed by atoms with Gasteiger partial charge in [0.2, 0.25) is 0 Å². The highest BCUT2D eigenvalue weighted by Crippen LogP contribution is 2.15. The Balaban J connectivity index is 2.01. The summed E-state index contributed by atoms with van der Waals surface area (Å²) in [5.74, 6) is -0.105. The average Bonchev–Trinajstić information content (AvgIpc) is 2.77. The molecule has 1 atom stereocenters. The van der Waals surface area contributed by atoms with E-state index in [-0.39, 0.29) is 5.97 Å². The molecule has 1 unspecified atom stereocenters. The van der Waals surface area contributed by atoms with Crippen molar-refractivity contribution in [1.29, 1.82) is 0 Å². The van der Waals surface area contributed by atoms with Gasteiger partial charge in [-0.1, -0.05) is 0 Å². The minimum absolute atomic E-state index is 0.105. The van der Waals surface area contributed by atoms with Crippen LogP contribution in [-0.4, -0.2) is 50.3 Å². The van der Waals surface area contributed by atoms with Crippen LogP contribution in [0.15, 0.2) is 0 Å². The summed E-state index contributed by atoms with van der Waals surface area (Å²) in [5.41, 5.74) is 0. The molecular weight excluding hydrogens is 206 g/mol. The van der Waals surface area contributed by atoms with E-state index in [1.165, 1.54) is 12.8 Å². The normalized spacial score (nSPS) is 20.3. The van der Waals surface area contributed by atoms with Gasteiger partial charge in [0, 0.05) is 19.7 Å². The second-order valence-corrected chi connectivity index (χ2v) is 4.28. The van der Waals surface area contributed by atoms with Crippen molar-refractivity contribution < 1.29 is 14.3 Å². The molecule has 4 nitrogen and oxygen atoms in total. The predicted octanol–water partition coefficient (Wildman–Crippen LogP) is 1.44. The van der Waals surface area contributed by atoms with Crippen LogP contribution in [0.5, 0.6) is 0 Å². The third-order valence-corrected chi connectivity index (χ3v) is 2.86. The van der Waals surface area contributed by atoms with E-state index in [0.29, 0.717) is 19.1 Å². The van der Waals surface area contributed by atoms with Gasteiger partial charge in [0.05, 0.1) is 19.1 Å². The number of rotatable bonds is 7. The fraction of sp³-hybridized carbons (Fsp3) is 0.917.